The molecule has 2 aromatic heterocycles. The van der Waals surface area contributed by atoms with Gasteiger partial charge >= 0.3 is 0 Å². The first-order chi connectivity index (χ1) is 16.7. The minimum atomic E-state index is -0.373. The highest BCUT2D eigenvalue weighted by molar-refractivity contribution is 6.08. The number of hydrogen-bond donors (Lipinski definition) is 3. The Balaban J connectivity index is 1.37. The number of aromatic nitrogens is 3. The van der Waals surface area contributed by atoms with Crippen molar-refractivity contribution in [1.29, 1.82) is 0 Å². The van der Waals surface area contributed by atoms with Crippen LogP contribution in [-0.4, -0.2) is 26.8 Å². The van der Waals surface area contributed by atoms with Gasteiger partial charge in [0.25, 0.3) is 11.8 Å². The van der Waals surface area contributed by atoms with Crippen molar-refractivity contribution in [2.45, 2.75) is 18.8 Å². The van der Waals surface area contributed by atoms with Crippen molar-refractivity contribution in [1.82, 2.24) is 15.0 Å². The molecule has 5 rings (SSSR count). The standard InChI is InChI=1S/C26H22N6O2/c33-25(30-19-6-2-1-3-7-19)18-5-4-8-20(13-18)31-26(34)24-23(29-21-14-27-16-28-15-21)12-11-22(32-24)17-9-10-17/h1-8,11-17,29H,9-10H2,(H,30,33)(H,31,34). The van der Waals surface area contributed by atoms with Crippen molar-refractivity contribution >= 4 is 34.6 Å². The Hall–Kier alpha value is -4.59. The highest BCUT2D eigenvalue weighted by Crippen LogP contribution is 2.39. The molecule has 1 aliphatic rings. The Morgan fingerprint density at radius 1 is 0.765 bits per heavy atom. The third kappa shape index (κ3) is 5.07. The predicted octanol–water partition coefficient (Wildman–Crippen LogP) is 5.00. The molecule has 0 radical (unpaired) electrons. The summed E-state index contributed by atoms with van der Waals surface area (Å²) >= 11 is 0. The molecule has 1 fully saturated rings. The molecule has 0 bridgehead atoms. The summed E-state index contributed by atoms with van der Waals surface area (Å²) < 4.78 is 0. The number of anilines is 4. The summed E-state index contributed by atoms with van der Waals surface area (Å²) in [7, 11) is 0. The normalized spacial score (nSPS) is 12.6. The molecule has 3 N–H and O–H groups in total. The highest BCUT2D eigenvalue weighted by atomic mass is 16.2. The third-order valence-corrected chi connectivity index (χ3v) is 5.38. The van der Waals surface area contributed by atoms with Crippen LogP contribution < -0.4 is 16.0 Å². The van der Waals surface area contributed by atoms with Crippen LogP contribution in [0.3, 0.4) is 0 Å². The molecule has 8 heteroatoms. The van der Waals surface area contributed by atoms with Crippen LogP contribution in [0.1, 0.15) is 45.3 Å². The first-order valence-corrected chi connectivity index (χ1v) is 11.0. The average molecular weight is 451 g/mol. The number of amides is 2. The molecule has 2 heterocycles. The van der Waals surface area contributed by atoms with Crippen molar-refractivity contribution in [3.8, 4) is 0 Å². The fourth-order valence-electron chi connectivity index (χ4n) is 3.53. The molecular formula is C26H22N6O2. The third-order valence-electron chi connectivity index (χ3n) is 5.38. The van der Waals surface area contributed by atoms with E-state index in [4.69, 9.17) is 0 Å². The molecule has 0 unspecified atom stereocenters. The maximum atomic E-state index is 13.2. The molecular weight excluding hydrogens is 428 g/mol. The number of para-hydroxylation sites is 1. The van der Waals surface area contributed by atoms with E-state index in [9.17, 15) is 9.59 Å². The summed E-state index contributed by atoms with van der Waals surface area (Å²) in [5.41, 5.74) is 4.00. The lowest BCUT2D eigenvalue weighted by Gasteiger charge is -2.13. The Morgan fingerprint density at radius 2 is 1.50 bits per heavy atom. The van der Waals surface area contributed by atoms with Gasteiger partial charge in [0.15, 0.2) is 5.69 Å². The van der Waals surface area contributed by atoms with E-state index in [0.29, 0.717) is 34.2 Å². The van der Waals surface area contributed by atoms with Gasteiger partial charge in [-0.1, -0.05) is 24.3 Å². The zero-order chi connectivity index (χ0) is 23.3. The van der Waals surface area contributed by atoms with E-state index in [-0.39, 0.29) is 17.5 Å². The highest BCUT2D eigenvalue weighted by Gasteiger charge is 2.27. The lowest BCUT2D eigenvalue weighted by molar-refractivity contribution is 0.101. The largest absolute Gasteiger partial charge is 0.351 e. The van der Waals surface area contributed by atoms with Gasteiger partial charge in [0.2, 0.25) is 0 Å². The molecule has 0 atom stereocenters. The van der Waals surface area contributed by atoms with Crippen LogP contribution >= 0.6 is 0 Å². The van der Waals surface area contributed by atoms with Gasteiger partial charge in [0, 0.05) is 28.6 Å². The second-order valence-corrected chi connectivity index (χ2v) is 8.01. The molecule has 1 saturated carbocycles. The molecule has 2 amide bonds. The summed E-state index contributed by atoms with van der Waals surface area (Å²) in [5, 5.41) is 8.90. The Kier molecular flexibility index (Phi) is 5.94. The molecule has 8 nitrogen and oxygen atoms in total. The summed E-state index contributed by atoms with van der Waals surface area (Å²) in [4.78, 5) is 38.5. The zero-order valence-electron chi connectivity index (χ0n) is 18.2. The van der Waals surface area contributed by atoms with E-state index in [2.05, 4.69) is 30.9 Å². The van der Waals surface area contributed by atoms with Crippen LogP contribution in [-0.2, 0) is 0 Å². The fraction of sp³-hybridized carbons (Fsp3) is 0.115. The van der Waals surface area contributed by atoms with Crippen molar-refractivity contribution < 1.29 is 9.59 Å². The number of rotatable bonds is 7. The topological polar surface area (TPSA) is 109 Å². The molecule has 34 heavy (non-hydrogen) atoms. The average Bonchev–Trinajstić information content (AvgIpc) is 3.71. The van der Waals surface area contributed by atoms with Gasteiger partial charge in [-0.05, 0) is 55.3 Å². The zero-order valence-corrected chi connectivity index (χ0v) is 18.2. The van der Waals surface area contributed by atoms with Crippen LogP contribution in [0, 0.1) is 0 Å². The Labute approximate surface area is 196 Å². The second kappa shape index (κ2) is 9.50. The maximum Gasteiger partial charge on any atom is 0.276 e. The number of nitrogens with one attached hydrogen (secondary N) is 3. The molecule has 2 aromatic carbocycles. The lowest BCUT2D eigenvalue weighted by Crippen LogP contribution is -2.17. The number of carbonyl (C=O) groups excluding carboxylic acids is 2. The van der Waals surface area contributed by atoms with Crippen LogP contribution in [0.15, 0.2) is 85.5 Å². The van der Waals surface area contributed by atoms with Gasteiger partial charge in [-0.3, -0.25) is 9.59 Å². The molecule has 0 spiro atoms. The number of carbonyl (C=O) groups is 2. The van der Waals surface area contributed by atoms with Crippen LogP contribution in [0.5, 0.6) is 0 Å². The lowest BCUT2D eigenvalue weighted by atomic mass is 10.1. The van der Waals surface area contributed by atoms with Gasteiger partial charge in [0.1, 0.15) is 6.33 Å². The number of nitrogens with zero attached hydrogens (tertiary/aromatic N) is 3. The monoisotopic (exact) mass is 450 g/mol. The van der Waals surface area contributed by atoms with Crippen molar-refractivity contribution in [2.75, 3.05) is 16.0 Å². The van der Waals surface area contributed by atoms with E-state index in [0.717, 1.165) is 18.5 Å². The molecule has 0 saturated heterocycles. The van der Waals surface area contributed by atoms with E-state index in [1.54, 1.807) is 36.7 Å². The first kappa shape index (κ1) is 21.3. The number of pyridine rings is 1. The quantitative estimate of drug-likeness (QED) is 0.366. The van der Waals surface area contributed by atoms with Gasteiger partial charge in [-0.2, -0.15) is 0 Å². The second-order valence-electron chi connectivity index (χ2n) is 8.01. The number of hydrogen-bond acceptors (Lipinski definition) is 6. The minimum Gasteiger partial charge on any atom is -0.351 e. The van der Waals surface area contributed by atoms with Crippen LogP contribution in [0.25, 0.3) is 0 Å². The first-order valence-electron chi connectivity index (χ1n) is 11.0. The Morgan fingerprint density at radius 3 is 2.26 bits per heavy atom. The van der Waals surface area contributed by atoms with Crippen LogP contribution in [0.2, 0.25) is 0 Å². The Bertz CT molecular complexity index is 1320. The van der Waals surface area contributed by atoms with Gasteiger partial charge in [-0.25, -0.2) is 15.0 Å². The van der Waals surface area contributed by atoms with Crippen molar-refractivity contribution in [2.24, 2.45) is 0 Å². The summed E-state index contributed by atoms with van der Waals surface area (Å²) in [5.74, 6) is -0.240. The summed E-state index contributed by atoms with van der Waals surface area (Å²) in [6.07, 6.45) is 6.84. The van der Waals surface area contributed by atoms with Gasteiger partial charge < -0.3 is 16.0 Å². The van der Waals surface area contributed by atoms with Gasteiger partial charge in [0.05, 0.1) is 23.8 Å². The smallest absolute Gasteiger partial charge is 0.276 e. The van der Waals surface area contributed by atoms with E-state index >= 15 is 0 Å². The minimum absolute atomic E-state index is 0.261. The number of benzene rings is 2. The van der Waals surface area contributed by atoms with E-state index in [1.807, 2.05) is 42.5 Å². The summed E-state index contributed by atoms with van der Waals surface area (Å²) in [6, 6.07) is 19.8. The van der Waals surface area contributed by atoms with Crippen molar-refractivity contribution in [3.05, 3.63) is 102 Å². The van der Waals surface area contributed by atoms with Gasteiger partial charge in [-0.15, -0.1) is 0 Å². The van der Waals surface area contributed by atoms with E-state index < -0.39 is 0 Å². The van der Waals surface area contributed by atoms with Crippen LogP contribution in [0.4, 0.5) is 22.7 Å². The molecule has 0 aliphatic heterocycles. The molecule has 168 valence electrons. The summed E-state index contributed by atoms with van der Waals surface area (Å²) in [6.45, 7) is 0. The molecule has 1 aliphatic carbocycles. The van der Waals surface area contributed by atoms with Crippen molar-refractivity contribution in [3.63, 3.8) is 0 Å². The fourth-order valence-corrected chi connectivity index (χ4v) is 3.53. The maximum absolute atomic E-state index is 13.2. The SMILES string of the molecule is O=C(Nc1ccccc1)c1cccc(NC(=O)c2nc(C3CC3)ccc2Nc2cncnc2)c1. The van der Waals surface area contributed by atoms with E-state index in [1.165, 1.54) is 6.33 Å². The molecule has 4 aromatic rings. The predicted molar refractivity (Wildman–Crippen MR) is 130 cm³/mol.